The SMILES string of the molecule is FC(F)(F)c1ccc(OCc2nnc(SCc3ccccc3)o2)cc1. The van der Waals surface area contributed by atoms with Gasteiger partial charge >= 0.3 is 6.18 Å². The van der Waals surface area contributed by atoms with Crippen molar-refractivity contribution in [3.05, 3.63) is 71.6 Å². The lowest BCUT2D eigenvalue weighted by Gasteiger charge is -2.07. The second kappa shape index (κ2) is 7.60. The molecule has 0 bridgehead atoms. The fourth-order valence-corrected chi connectivity index (χ4v) is 2.70. The number of rotatable bonds is 6. The van der Waals surface area contributed by atoms with Crippen LogP contribution in [0.2, 0.25) is 0 Å². The van der Waals surface area contributed by atoms with E-state index in [-0.39, 0.29) is 12.5 Å². The number of benzene rings is 2. The molecule has 130 valence electrons. The lowest BCUT2D eigenvalue weighted by molar-refractivity contribution is -0.137. The van der Waals surface area contributed by atoms with Crippen LogP contribution in [-0.2, 0) is 18.5 Å². The van der Waals surface area contributed by atoms with Crippen molar-refractivity contribution in [2.45, 2.75) is 23.8 Å². The van der Waals surface area contributed by atoms with Crippen molar-refractivity contribution in [2.24, 2.45) is 0 Å². The van der Waals surface area contributed by atoms with Crippen molar-refractivity contribution in [1.82, 2.24) is 10.2 Å². The van der Waals surface area contributed by atoms with Gasteiger partial charge in [-0.05, 0) is 29.8 Å². The van der Waals surface area contributed by atoms with Crippen molar-refractivity contribution < 1.29 is 22.3 Å². The zero-order valence-corrected chi connectivity index (χ0v) is 13.7. The van der Waals surface area contributed by atoms with Crippen LogP contribution >= 0.6 is 11.8 Å². The molecule has 0 aliphatic rings. The van der Waals surface area contributed by atoms with Gasteiger partial charge in [-0.15, -0.1) is 10.2 Å². The largest absolute Gasteiger partial charge is 0.484 e. The van der Waals surface area contributed by atoms with Crippen LogP contribution < -0.4 is 4.74 Å². The summed E-state index contributed by atoms with van der Waals surface area (Å²) in [4.78, 5) is 0. The molecule has 0 saturated heterocycles. The summed E-state index contributed by atoms with van der Waals surface area (Å²) in [5.41, 5.74) is 0.408. The molecule has 1 aromatic heterocycles. The van der Waals surface area contributed by atoms with Crippen LogP contribution in [0.5, 0.6) is 5.75 Å². The molecule has 3 aromatic rings. The topological polar surface area (TPSA) is 48.2 Å². The van der Waals surface area contributed by atoms with E-state index >= 15 is 0 Å². The van der Waals surface area contributed by atoms with Crippen LogP contribution in [0.25, 0.3) is 0 Å². The highest BCUT2D eigenvalue weighted by Gasteiger charge is 2.30. The van der Waals surface area contributed by atoms with Gasteiger partial charge in [-0.2, -0.15) is 13.2 Å². The smallest absolute Gasteiger partial charge is 0.416 e. The van der Waals surface area contributed by atoms with Gasteiger partial charge in [0.1, 0.15) is 5.75 Å². The number of alkyl halides is 3. The predicted octanol–water partition coefficient (Wildman–Crippen LogP) is 4.96. The molecule has 0 N–H and O–H groups in total. The zero-order valence-electron chi connectivity index (χ0n) is 12.9. The number of aromatic nitrogens is 2. The average molecular weight is 366 g/mol. The first-order valence-electron chi connectivity index (χ1n) is 7.30. The van der Waals surface area contributed by atoms with Gasteiger partial charge in [0, 0.05) is 5.75 Å². The Hall–Kier alpha value is -2.48. The summed E-state index contributed by atoms with van der Waals surface area (Å²) in [6.45, 7) is -0.00966. The normalized spacial score (nSPS) is 11.5. The number of hydrogen-bond acceptors (Lipinski definition) is 5. The molecule has 0 unspecified atom stereocenters. The summed E-state index contributed by atoms with van der Waals surface area (Å²) in [6, 6.07) is 14.3. The maximum atomic E-state index is 12.5. The molecule has 4 nitrogen and oxygen atoms in total. The minimum Gasteiger partial charge on any atom is -0.484 e. The van der Waals surface area contributed by atoms with Crippen LogP contribution in [-0.4, -0.2) is 10.2 Å². The summed E-state index contributed by atoms with van der Waals surface area (Å²) in [5, 5.41) is 8.18. The Balaban J connectivity index is 1.51. The lowest BCUT2D eigenvalue weighted by Crippen LogP contribution is -2.04. The van der Waals surface area contributed by atoms with Gasteiger partial charge in [0.15, 0.2) is 6.61 Å². The maximum absolute atomic E-state index is 12.5. The van der Waals surface area contributed by atoms with Crippen LogP contribution in [0.4, 0.5) is 13.2 Å². The number of thioether (sulfide) groups is 1. The molecule has 0 amide bonds. The minimum atomic E-state index is -4.37. The van der Waals surface area contributed by atoms with Crippen molar-refractivity contribution in [3.8, 4) is 5.75 Å². The Morgan fingerprint density at radius 1 is 0.960 bits per heavy atom. The maximum Gasteiger partial charge on any atom is 0.416 e. The highest BCUT2D eigenvalue weighted by atomic mass is 32.2. The molecular formula is C17H13F3N2O2S. The van der Waals surface area contributed by atoms with E-state index in [0.29, 0.717) is 16.7 Å². The molecule has 25 heavy (non-hydrogen) atoms. The van der Waals surface area contributed by atoms with Crippen LogP contribution in [0.1, 0.15) is 17.0 Å². The standard InChI is InChI=1S/C17H13F3N2O2S/c18-17(19,20)13-6-8-14(9-7-13)23-10-15-21-22-16(24-15)25-11-12-4-2-1-3-5-12/h1-9H,10-11H2. The van der Waals surface area contributed by atoms with Crippen molar-refractivity contribution >= 4 is 11.8 Å². The third-order valence-corrected chi connectivity index (χ3v) is 4.09. The van der Waals surface area contributed by atoms with Gasteiger partial charge in [-0.1, -0.05) is 42.1 Å². The molecular weight excluding hydrogens is 353 g/mol. The number of hydrogen-bond donors (Lipinski definition) is 0. The quantitative estimate of drug-likeness (QED) is 0.577. The first kappa shape index (κ1) is 17.3. The summed E-state index contributed by atoms with van der Waals surface area (Å²) in [5.74, 6) is 1.25. The number of halogens is 3. The number of nitrogens with zero attached hydrogens (tertiary/aromatic N) is 2. The molecule has 0 atom stereocenters. The fourth-order valence-electron chi connectivity index (χ4n) is 1.96. The van der Waals surface area contributed by atoms with Crippen LogP contribution in [0.15, 0.2) is 64.2 Å². The van der Waals surface area contributed by atoms with Crippen molar-refractivity contribution in [2.75, 3.05) is 0 Å². The zero-order chi connectivity index (χ0) is 17.7. The molecule has 2 aromatic carbocycles. The minimum absolute atomic E-state index is 0.00966. The third kappa shape index (κ3) is 4.99. The Morgan fingerprint density at radius 2 is 1.68 bits per heavy atom. The second-order valence-corrected chi connectivity index (χ2v) is 5.97. The van der Waals surface area contributed by atoms with E-state index in [1.54, 1.807) is 0 Å². The van der Waals surface area contributed by atoms with Gasteiger partial charge < -0.3 is 9.15 Å². The van der Waals surface area contributed by atoms with Gasteiger partial charge in [-0.25, -0.2) is 0 Å². The van der Waals surface area contributed by atoms with E-state index in [1.807, 2.05) is 30.3 Å². The monoisotopic (exact) mass is 366 g/mol. The summed E-state index contributed by atoms with van der Waals surface area (Å²) < 4.78 is 48.3. The highest BCUT2D eigenvalue weighted by Crippen LogP contribution is 2.30. The summed E-state index contributed by atoms with van der Waals surface area (Å²) >= 11 is 1.40. The van der Waals surface area contributed by atoms with Crippen LogP contribution in [0, 0.1) is 0 Å². The molecule has 0 aliphatic heterocycles. The Bertz CT molecular complexity index is 805. The van der Waals surface area contributed by atoms with Crippen molar-refractivity contribution in [3.63, 3.8) is 0 Å². The van der Waals surface area contributed by atoms with E-state index < -0.39 is 11.7 Å². The molecule has 0 saturated carbocycles. The molecule has 0 aliphatic carbocycles. The van der Waals surface area contributed by atoms with Crippen molar-refractivity contribution in [1.29, 1.82) is 0 Å². The first-order chi connectivity index (χ1) is 12.0. The summed E-state index contributed by atoms with van der Waals surface area (Å²) in [7, 11) is 0. The average Bonchev–Trinajstić information content (AvgIpc) is 3.07. The molecule has 0 radical (unpaired) electrons. The Morgan fingerprint density at radius 3 is 2.36 bits per heavy atom. The lowest BCUT2D eigenvalue weighted by atomic mass is 10.2. The molecule has 8 heteroatoms. The molecule has 1 heterocycles. The molecule has 0 spiro atoms. The van der Waals surface area contributed by atoms with Gasteiger partial charge in [0.25, 0.3) is 11.1 Å². The molecule has 0 fully saturated rings. The van der Waals surface area contributed by atoms with Gasteiger partial charge in [0.2, 0.25) is 0 Å². The first-order valence-corrected chi connectivity index (χ1v) is 8.28. The van der Waals surface area contributed by atoms with E-state index in [0.717, 1.165) is 17.7 Å². The third-order valence-electron chi connectivity index (χ3n) is 3.20. The van der Waals surface area contributed by atoms with E-state index in [9.17, 15) is 13.2 Å². The van der Waals surface area contributed by atoms with E-state index in [1.165, 1.54) is 23.9 Å². The van der Waals surface area contributed by atoms with Crippen LogP contribution in [0.3, 0.4) is 0 Å². The Labute approximate surface area is 146 Å². The second-order valence-electron chi connectivity index (χ2n) is 5.05. The number of ether oxygens (including phenoxy) is 1. The van der Waals surface area contributed by atoms with Gasteiger partial charge in [-0.3, -0.25) is 0 Å². The fraction of sp³-hybridized carbons (Fsp3) is 0.176. The highest BCUT2D eigenvalue weighted by molar-refractivity contribution is 7.98. The predicted molar refractivity (Wildman–Crippen MR) is 86.1 cm³/mol. The summed E-state index contributed by atoms with van der Waals surface area (Å²) in [6.07, 6.45) is -4.37. The van der Waals surface area contributed by atoms with E-state index in [4.69, 9.17) is 9.15 Å². The van der Waals surface area contributed by atoms with E-state index in [2.05, 4.69) is 10.2 Å². The van der Waals surface area contributed by atoms with Gasteiger partial charge in [0.05, 0.1) is 5.56 Å². The molecule has 3 rings (SSSR count). The Kier molecular flexibility index (Phi) is 5.28.